The summed E-state index contributed by atoms with van der Waals surface area (Å²) in [7, 11) is 0. The zero-order chi connectivity index (χ0) is 13.0. The minimum absolute atomic E-state index is 0.0444. The molecule has 0 spiro atoms. The lowest BCUT2D eigenvalue weighted by molar-refractivity contribution is -0.120. The van der Waals surface area contributed by atoms with Crippen LogP contribution in [0.2, 0.25) is 5.02 Å². The largest absolute Gasteiger partial charge is 0.321 e. The number of nitrogens with two attached hydrogens (primary N) is 1. The maximum absolute atomic E-state index is 11.9. The summed E-state index contributed by atoms with van der Waals surface area (Å²) in [5.74, 6) is 0.470. The van der Waals surface area contributed by atoms with Crippen LogP contribution in [0.15, 0.2) is 22.7 Å². The van der Waals surface area contributed by atoms with Gasteiger partial charge in [0.2, 0.25) is 0 Å². The molecule has 0 saturated heterocycles. The van der Waals surface area contributed by atoms with Crippen molar-refractivity contribution in [2.24, 2.45) is 11.7 Å². The average Bonchev–Trinajstić information content (AvgIpc) is 2.21. The Kier molecular flexibility index (Phi) is 5.63. The van der Waals surface area contributed by atoms with E-state index in [-0.39, 0.29) is 5.78 Å². The van der Waals surface area contributed by atoms with Gasteiger partial charge in [0.25, 0.3) is 0 Å². The molecule has 17 heavy (non-hydrogen) atoms. The van der Waals surface area contributed by atoms with Gasteiger partial charge in [0.05, 0.1) is 6.04 Å². The van der Waals surface area contributed by atoms with Crippen LogP contribution in [0.25, 0.3) is 0 Å². The first-order valence-electron chi connectivity index (χ1n) is 5.62. The van der Waals surface area contributed by atoms with Crippen molar-refractivity contribution < 1.29 is 4.79 Å². The molecule has 94 valence electrons. The lowest BCUT2D eigenvalue weighted by atomic mass is 9.97. The van der Waals surface area contributed by atoms with Gasteiger partial charge < -0.3 is 5.73 Å². The SMILES string of the molecule is CC(C)CC(N)C(=O)Cc1ccc(Br)cc1Cl. The number of hydrogen-bond acceptors (Lipinski definition) is 2. The zero-order valence-electron chi connectivity index (χ0n) is 10.0. The van der Waals surface area contributed by atoms with Crippen molar-refractivity contribution in [3.63, 3.8) is 0 Å². The summed E-state index contributed by atoms with van der Waals surface area (Å²) in [5, 5.41) is 0.601. The Morgan fingerprint density at radius 1 is 1.47 bits per heavy atom. The van der Waals surface area contributed by atoms with Crippen molar-refractivity contribution in [2.75, 3.05) is 0 Å². The van der Waals surface area contributed by atoms with Gasteiger partial charge >= 0.3 is 0 Å². The second-order valence-electron chi connectivity index (χ2n) is 4.61. The van der Waals surface area contributed by atoms with Crippen LogP contribution in [0.3, 0.4) is 0 Å². The van der Waals surface area contributed by atoms with Crippen LogP contribution in [-0.4, -0.2) is 11.8 Å². The molecule has 1 unspecified atom stereocenters. The molecule has 0 amide bonds. The number of hydrogen-bond donors (Lipinski definition) is 1. The fourth-order valence-corrected chi connectivity index (χ4v) is 2.36. The maximum Gasteiger partial charge on any atom is 0.153 e. The molecule has 1 aromatic rings. The van der Waals surface area contributed by atoms with E-state index in [9.17, 15) is 4.79 Å². The smallest absolute Gasteiger partial charge is 0.153 e. The maximum atomic E-state index is 11.9. The fraction of sp³-hybridized carbons (Fsp3) is 0.462. The third kappa shape index (κ3) is 4.78. The molecule has 2 nitrogen and oxygen atoms in total. The summed E-state index contributed by atoms with van der Waals surface area (Å²) >= 11 is 9.39. The van der Waals surface area contributed by atoms with Crippen LogP contribution in [-0.2, 0) is 11.2 Å². The van der Waals surface area contributed by atoms with Crippen molar-refractivity contribution in [3.8, 4) is 0 Å². The van der Waals surface area contributed by atoms with Crippen LogP contribution in [0.1, 0.15) is 25.8 Å². The third-order valence-corrected chi connectivity index (χ3v) is 3.36. The minimum Gasteiger partial charge on any atom is -0.321 e. The summed E-state index contributed by atoms with van der Waals surface area (Å²) < 4.78 is 0.908. The highest BCUT2D eigenvalue weighted by molar-refractivity contribution is 9.10. The summed E-state index contributed by atoms with van der Waals surface area (Å²) in [4.78, 5) is 11.9. The van der Waals surface area contributed by atoms with Gasteiger partial charge in [0.1, 0.15) is 0 Å². The molecule has 1 rings (SSSR count). The molecule has 0 aromatic heterocycles. The summed E-state index contributed by atoms with van der Waals surface area (Å²) in [6.07, 6.45) is 1.02. The van der Waals surface area contributed by atoms with Gasteiger partial charge in [-0.1, -0.05) is 47.4 Å². The molecule has 0 heterocycles. The van der Waals surface area contributed by atoms with E-state index >= 15 is 0 Å². The highest BCUT2D eigenvalue weighted by Crippen LogP contribution is 2.22. The molecule has 1 aromatic carbocycles. The van der Waals surface area contributed by atoms with E-state index < -0.39 is 6.04 Å². The van der Waals surface area contributed by atoms with Crippen LogP contribution in [0.5, 0.6) is 0 Å². The van der Waals surface area contributed by atoms with Gasteiger partial charge in [-0.2, -0.15) is 0 Å². The van der Waals surface area contributed by atoms with E-state index in [4.69, 9.17) is 17.3 Å². The number of carbonyl (C=O) groups is 1. The lowest BCUT2D eigenvalue weighted by Crippen LogP contribution is -2.33. The number of halogens is 2. The Balaban J connectivity index is 2.67. The van der Waals surface area contributed by atoms with E-state index in [0.29, 0.717) is 23.8 Å². The second-order valence-corrected chi connectivity index (χ2v) is 5.94. The van der Waals surface area contributed by atoms with Crippen molar-refractivity contribution in [3.05, 3.63) is 33.3 Å². The predicted octanol–water partition coefficient (Wildman–Crippen LogP) is 3.59. The van der Waals surface area contributed by atoms with Gasteiger partial charge in [0, 0.05) is 15.9 Å². The Morgan fingerprint density at radius 2 is 2.12 bits per heavy atom. The van der Waals surface area contributed by atoms with Crippen LogP contribution >= 0.6 is 27.5 Å². The van der Waals surface area contributed by atoms with Crippen LogP contribution in [0, 0.1) is 5.92 Å². The van der Waals surface area contributed by atoms with E-state index in [1.807, 2.05) is 12.1 Å². The van der Waals surface area contributed by atoms with Gasteiger partial charge in [-0.05, 0) is 30.0 Å². The quantitative estimate of drug-likeness (QED) is 0.901. The normalized spacial score (nSPS) is 12.8. The molecule has 4 heteroatoms. The van der Waals surface area contributed by atoms with Crippen molar-refractivity contribution in [1.29, 1.82) is 0 Å². The van der Waals surface area contributed by atoms with E-state index in [0.717, 1.165) is 10.0 Å². The summed E-state index contributed by atoms with van der Waals surface area (Å²) in [6.45, 7) is 4.11. The van der Waals surface area contributed by atoms with Crippen molar-refractivity contribution in [1.82, 2.24) is 0 Å². The van der Waals surface area contributed by atoms with E-state index in [1.54, 1.807) is 6.07 Å². The topological polar surface area (TPSA) is 43.1 Å². The number of rotatable bonds is 5. The lowest BCUT2D eigenvalue weighted by Gasteiger charge is -2.13. The third-order valence-electron chi connectivity index (χ3n) is 2.52. The van der Waals surface area contributed by atoms with Crippen molar-refractivity contribution >= 4 is 33.3 Å². The van der Waals surface area contributed by atoms with E-state index in [2.05, 4.69) is 29.8 Å². The molecule has 0 aliphatic carbocycles. The first-order valence-corrected chi connectivity index (χ1v) is 6.79. The number of benzene rings is 1. The number of carbonyl (C=O) groups excluding carboxylic acids is 1. The van der Waals surface area contributed by atoms with Gasteiger partial charge in [-0.25, -0.2) is 0 Å². The highest BCUT2D eigenvalue weighted by Gasteiger charge is 2.16. The van der Waals surface area contributed by atoms with Gasteiger partial charge in [0.15, 0.2) is 5.78 Å². The summed E-state index contributed by atoms with van der Waals surface area (Å²) in [5.41, 5.74) is 6.68. The standard InChI is InChI=1S/C13H17BrClNO/c1-8(2)5-12(16)13(17)6-9-3-4-10(14)7-11(9)15/h3-4,7-8,12H,5-6,16H2,1-2H3. The molecular formula is C13H17BrClNO. The monoisotopic (exact) mass is 317 g/mol. The highest BCUT2D eigenvalue weighted by atomic mass is 79.9. The van der Waals surface area contributed by atoms with Crippen LogP contribution < -0.4 is 5.73 Å². The molecular weight excluding hydrogens is 302 g/mol. The minimum atomic E-state index is -0.394. The molecule has 0 aliphatic rings. The first kappa shape index (κ1) is 14.7. The predicted molar refractivity (Wildman–Crippen MR) is 75.3 cm³/mol. The second kappa shape index (κ2) is 6.53. The van der Waals surface area contributed by atoms with Crippen LogP contribution in [0.4, 0.5) is 0 Å². The molecule has 0 radical (unpaired) electrons. The van der Waals surface area contributed by atoms with Crippen molar-refractivity contribution in [2.45, 2.75) is 32.7 Å². The van der Waals surface area contributed by atoms with E-state index in [1.165, 1.54) is 0 Å². The van der Waals surface area contributed by atoms with Gasteiger partial charge in [-0.15, -0.1) is 0 Å². The molecule has 0 aliphatic heterocycles. The Morgan fingerprint density at radius 3 is 2.65 bits per heavy atom. The fourth-order valence-electron chi connectivity index (χ4n) is 1.62. The molecule has 2 N–H and O–H groups in total. The summed E-state index contributed by atoms with van der Waals surface area (Å²) in [6, 6.07) is 5.13. The van der Waals surface area contributed by atoms with Gasteiger partial charge in [-0.3, -0.25) is 4.79 Å². The average molecular weight is 319 g/mol. The molecule has 0 bridgehead atoms. The molecule has 0 fully saturated rings. The Bertz CT molecular complexity index is 406. The molecule has 0 saturated carbocycles. The number of ketones is 1. The zero-order valence-corrected chi connectivity index (χ0v) is 12.4. The Labute approximate surface area is 116 Å². The first-order chi connectivity index (χ1) is 7.90. The molecule has 1 atom stereocenters. The number of Topliss-reactive ketones (excluding diaryl/α,β-unsaturated/α-hetero) is 1. The Hall–Kier alpha value is -0.380.